The standard InChI is InChI=1S/C13H15NOS/c1-9-6-13(15,7-9)8-12-14-10-4-2-3-5-11(10)16-12/h2-5,9,15H,6-8H2,1H3. The molecule has 0 bridgehead atoms. The zero-order valence-electron chi connectivity index (χ0n) is 9.31. The third-order valence-corrected chi connectivity index (χ3v) is 4.31. The fourth-order valence-electron chi connectivity index (χ4n) is 2.66. The Hall–Kier alpha value is -0.930. The molecular formula is C13H15NOS. The van der Waals surface area contributed by atoms with Crippen LogP contribution in [0.3, 0.4) is 0 Å². The van der Waals surface area contributed by atoms with Crippen molar-refractivity contribution in [3.8, 4) is 0 Å². The summed E-state index contributed by atoms with van der Waals surface area (Å²) >= 11 is 1.70. The second-order valence-corrected chi connectivity index (χ2v) is 6.11. The van der Waals surface area contributed by atoms with E-state index < -0.39 is 5.60 Å². The van der Waals surface area contributed by atoms with E-state index in [4.69, 9.17) is 0 Å². The third-order valence-electron chi connectivity index (χ3n) is 3.28. The summed E-state index contributed by atoms with van der Waals surface area (Å²) < 4.78 is 1.22. The average Bonchev–Trinajstić information content (AvgIpc) is 2.56. The monoisotopic (exact) mass is 233 g/mol. The maximum Gasteiger partial charge on any atom is 0.0967 e. The number of aliphatic hydroxyl groups is 1. The van der Waals surface area contributed by atoms with Gasteiger partial charge in [-0.2, -0.15) is 0 Å². The Morgan fingerprint density at radius 2 is 2.19 bits per heavy atom. The van der Waals surface area contributed by atoms with Crippen LogP contribution in [0.15, 0.2) is 24.3 Å². The van der Waals surface area contributed by atoms with Crippen molar-refractivity contribution in [2.24, 2.45) is 5.92 Å². The van der Waals surface area contributed by atoms with Gasteiger partial charge in [-0.3, -0.25) is 0 Å². The Balaban J connectivity index is 1.84. The Bertz CT molecular complexity index is 480. The first-order chi connectivity index (χ1) is 7.65. The topological polar surface area (TPSA) is 33.1 Å². The van der Waals surface area contributed by atoms with E-state index in [1.807, 2.05) is 18.2 Å². The van der Waals surface area contributed by atoms with Gasteiger partial charge in [-0.25, -0.2) is 4.98 Å². The van der Waals surface area contributed by atoms with Gasteiger partial charge < -0.3 is 5.11 Å². The first-order valence-corrected chi connectivity index (χ1v) is 6.53. The predicted octanol–water partition coefficient (Wildman–Crippen LogP) is 3.00. The molecule has 0 spiro atoms. The molecule has 1 aromatic heterocycles. The van der Waals surface area contributed by atoms with E-state index in [1.54, 1.807) is 11.3 Å². The van der Waals surface area contributed by atoms with Crippen LogP contribution in [0.2, 0.25) is 0 Å². The van der Waals surface area contributed by atoms with Gasteiger partial charge in [0.2, 0.25) is 0 Å². The number of aromatic nitrogens is 1. The van der Waals surface area contributed by atoms with Crippen molar-refractivity contribution in [3.63, 3.8) is 0 Å². The lowest BCUT2D eigenvalue weighted by molar-refractivity contribution is -0.0665. The number of hydrogen-bond donors (Lipinski definition) is 1. The lowest BCUT2D eigenvalue weighted by Gasteiger charge is -2.41. The number of rotatable bonds is 2. The molecule has 1 aromatic carbocycles. The second kappa shape index (κ2) is 3.54. The summed E-state index contributed by atoms with van der Waals surface area (Å²) in [4.78, 5) is 4.56. The van der Waals surface area contributed by atoms with Crippen LogP contribution >= 0.6 is 11.3 Å². The van der Waals surface area contributed by atoms with Gasteiger partial charge in [-0.15, -0.1) is 11.3 Å². The fraction of sp³-hybridized carbons (Fsp3) is 0.462. The Morgan fingerprint density at radius 3 is 2.88 bits per heavy atom. The molecule has 1 heterocycles. The summed E-state index contributed by atoms with van der Waals surface area (Å²) in [6.45, 7) is 2.19. The Kier molecular flexibility index (Phi) is 2.26. The molecular weight excluding hydrogens is 218 g/mol. The predicted molar refractivity (Wildman–Crippen MR) is 66.7 cm³/mol. The number of benzene rings is 1. The van der Waals surface area contributed by atoms with Crippen molar-refractivity contribution in [2.45, 2.75) is 31.8 Å². The van der Waals surface area contributed by atoms with Crippen LogP contribution in [-0.2, 0) is 6.42 Å². The highest BCUT2D eigenvalue weighted by molar-refractivity contribution is 7.18. The molecule has 0 saturated heterocycles. The smallest absolute Gasteiger partial charge is 0.0967 e. The third kappa shape index (κ3) is 1.74. The summed E-state index contributed by atoms with van der Waals surface area (Å²) in [5.74, 6) is 0.666. The van der Waals surface area contributed by atoms with Gasteiger partial charge in [0.05, 0.1) is 20.8 Å². The van der Waals surface area contributed by atoms with Crippen molar-refractivity contribution in [2.75, 3.05) is 0 Å². The molecule has 3 heteroatoms. The van der Waals surface area contributed by atoms with Crippen LogP contribution in [-0.4, -0.2) is 15.7 Å². The molecule has 1 fully saturated rings. The number of para-hydroxylation sites is 1. The van der Waals surface area contributed by atoms with Gasteiger partial charge in [0.15, 0.2) is 0 Å². The van der Waals surface area contributed by atoms with Crippen molar-refractivity contribution in [3.05, 3.63) is 29.3 Å². The lowest BCUT2D eigenvalue weighted by atomic mass is 9.70. The number of fused-ring (bicyclic) bond motifs is 1. The molecule has 16 heavy (non-hydrogen) atoms. The molecule has 0 amide bonds. The van der Waals surface area contributed by atoms with E-state index in [-0.39, 0.29) is 0 Å². The van der Waals surface area contributed by atoms with Crippen LogP contribution in [0.25, 0.3) is 10.2 Å². The first-order valence-electron chi connectivity index (χ1n) is 5.71. The quantitative estimate of drug-likeness (QED) is 0.865. The molecule has 1 N–H and O–H groups in total. The highest BCUT2D eigenvalue weighted by Gasteiger charge is 2.40. The molecule has 84 valence electrons. The summed E-state index contributed by atoms with van der Waals surface area (Å²) in [7, 11) is 0. The molecule has 0 atom stereocenters. The van der Waals surface area contributed by atoms with E-state index >= 15 is 0 Å². The number of hydrogen-bond acceptors (Lipinski definition) is 3. The number of thiazole rings is 1. The maximum absolute atomic E-state index is 10.2. The van der Waals surface area contributed by atoms with E-state index in [9.17, 15) is 5.11 Å². The van der Waals surface area contributed by atoms with Gasteiger partial charge in [-0.05, 0) is 30.9 Å². The summed E-state index contributed by atoms with van der Waals surface area (Å²) in [5, 5.41) is 11.3. The van der Waals surface area contributed by atoms with Crippen LogP contribution in [0.4, 0.5) is 0 Å². The maximum atomic E-state index is 10.2. The fourth-order valence-corrected chi connectivity index (χ4v) is 3.76. The minimum atomic E-state index is -0.479. The van der Waals surface area contributed by atoms with Crippen molar-refractivity contribution < 1.29 is 5.11 Å². The molecule has 0 aliphatic heterocycles. The first kappa shape index (κ1) is 10.2. The minimum Gasteiger partial charge on any atom is -0.389 e. The SMILES string of the molecule is CC1CC(O)(Cc2nc3ccccc3s2)C1. The van der Waals surface area contributed by atoms with Crippen LogP contribution in [0.1, 0.15) is 24.8 Å². The number of nitrogens with zero attached hydrogens (tertiary/aromatic N) is 1. The molecule has 2 aromatic rings. The second-order valence-electron chi connectivity index (χ2n) is 4.99. The van der Waals surface area contributed by atoms with Gasteiger partial charge >= 0.3 is 0 Å². The van der Waals surface area contributed by atoms with E-state index in [1.165, 1.54) is 4.70 Å². The highest BCUT2D eigenvalue weighted by atomic mass is 32.1. The van der Waals surface area contributed by atoms with Gasteiger partial charge in [0, 0.05) is 6.42 Å². The van der Waals surface area contributed by atoms with Gasteiger partial charge in [0.25, 0.3) is 0 Å². The summed E-state index contributed by atoms with van der Waals surface area (Å²) in [5.41, 5.74) is 0.575. The van der Waals surface area contributed by atoms with E-state index in [0.29, 0.717) is 5.92 Å². The zero-order chi connectivity index (χ0) is 11.2. The van der Waals surface area contributed by atoms with Crippen molar-refractivity contribution >= 4 is 21.6 Å². The molecule has 3 rings (SSSR count). The van der Waals surface area contributed by atoms with Crippen LogP contribution < -0.4 is 0 Å². The molecule has 0 radical (unpaired) electrons. The molecule has 2 nitrogen and oxygen atoms in total. The van der Waals surface area contributed by atoms with Crippen LogP contribution in [0, 0.1) is 5.92 Å². The Morgan fingerprint density at radius 1 is 1.44 bits per heavy atom. The summed E-state index contributed by atoms with van der Waals surface area (Å²) in [6, 6.07) is 8.16. The van der Waals surface area contributed by atoms with Crippen LogP contribution in [0.5, 0.6) is 0 Å². The van der Waals surface area contributed by atoms with E-state index in [2.05, 4.69) is 18.0 Å². The minimum absolute atomic E-state index is 0.479. The molecule has 1 aliphatic carbocycles. The normalized spacial score (nSPS) is 29.2. The lowest BCUT2D eigenvalue weighted by Crippen LogP contribution is -2.44. The largest absolute Gasteiger partial charge is 0.389 e. The highest BCUT2D eigenvalue weighted by Crippen LogP contribution is 2.40. The molecule has 1 aliphatic rings. The van der Waals surface area contributed by atoms with Crippen molar-refractivity contribution in [1.29, 1.82) is 0 Å². The summed E-state index contributed by atoms with van der Waals surface area (Å²) in [6.07, 6.45) is 2.56. The van der Waals surface area contributed by atoms with Gasteiger partial charge in [-0.1, -0.05) is 19.1 Å². The zero-order valence-corrected chi connectivity index (χ0v) is 10.1. The average molecular weight is 233 g/mol. The molecule has 0 unspecified atom stereocenters. The van der Waals surface area contributed by atoms with Crippen molar-refractivity contribution in [1.82, 2.24) is 4.98 Å². The molecule has 1 saturated carbocycles. The Labute approximate surface area is 99.0 Å². The van der Waals surface area contributed by atoms with E-state index in [0.717, 1.165) is 29.8 Å². The van der Waals surface area contributed by atoms with Gasteiger partial charge in [0.1, 0.15) is 0 Å².